The topological polar surface area (TPSA) is 77.0 Å². The van der Waals surface area contributed by atoms with Gasteiger partial charge in [0.2, 0.25) is 0 Å². The summed E-state index contributed by atoms with van der Waals surface area (Å²) in [5.41, 5.74) is 4.00. The number of benzene rings is 3. The first-order chi connectivity index (χ1) is 17.0. The number of carbonyl (C=O) groups excluding carboxylic acids is 2. The fourth-order valence-corrected chi connectivity index (χ4v) is 4.67. The predicted molar refractivity (Wildman–Crippen MR) is 140 cm³/mol. The average molecular weight is 505 g/mol. The number of hydrogen-bond donors (Lipinski definition) is 1. The quantitative estimate of drug-likeness (QED) is 0.0992. The van der Waals surface area contributed by atoms with Gasteiger partial charge < -0.3 is 9.47 Å². The fraction of sp³-hybridized carbons (Fsp3) is 0.0741. The smallest absolute Gasteiger partial charge is 0.355 e. The van der Waals surface area contributed by atoms with E-state index in [0.717, 1.165) is 15.6 Å². The minimum Gasteiger partial charge on any atom is -0.483 e. The number of thiophene rings is 1. The van der Waals surface area contributed by atoms with Crippen LogP contribution in [0.5, 0.6) is 11.5 Å². The molecule has 0 fully saturated rings. The van der Waals surface area contributed by atoms with E-state index in [1.807, 2.05) is 42.5 Å². The van der Waals surface area contributed by atoms with Gasteiger partial charge in [-0.05, 0) is 41.8 Å². The van der Waals surface area contributed by atoms with Crippen molar-refractivity contribution >= 4 is 51.1 Å². The standard InChI is InChI=1S/C27H21ClN2O4S/c1-2-8-19-10-3-5-13-22(19)33-17-24(31)30-29-16-18-9-7-11-20(15-18)34-27(32)26-25(28)21-12-4-6-14-23(21)35-26/h2-7,9-16H,1,8,17H2,(H,30,31)/b29-16-. The number of esters is 1. The molecule has 0 radical (unpaired) electrons. The molecule has 0 saturated heterocycles. The number of hydrazone groups is 1. The van der Waals surface area contributed by atoms with E-state index < -0.39 is 11.9 Å². The highest BCUT2D eigenvalue weighted by atomic mass is 35.5. The Hall–Kier alpha value is -3.94. The molecular weight excluding hydrogens is 484 g/mol. The maximum Gasteiger partial charge on any atom is 0.355 e. The molecule has 0 spiro atoms. The van der Waals surface area contributed by atoms with Gasteiger partial charge in [0.1, 0.15) is 16.4 Å². The zero-order valence-corrected chi connectivity index (χ0v) is 20.1. The molecule has 6 nitrogen and oxygen atoms in total. The molecule has 1 aromatic heterocycles. The van der Waals surface area contributed by atoms with Crippen LogP contribution in [0.25, 0.3) is 10.1 Å². The summed E-state index contributed by atoms with van der Waals surface area (Å²) < 4.78 is 12.0. The van der Waals surface area contributed by atoms with Gasteiger partial charge in [-0.15, -0.1) is 17.9 Å². The number of nitrogens with one attached hydrogen (secondary N) is 1. The van der Waals surface area contributed by atoms with Crippen LogP contribution in [-0.2, 0) is 11.2 Å². The molecule has 0 aliphatic heterocycles. The lowest BCUT2D eigenvalue weighted by Gasteiger charge is -2.09. The van der Waals surface area contributed by atoms with Gasteiger partial charge in [-0.1, -0.05) is 66.2 Å². The van der Waals surface area contributed by atoms with Crippen LogP contribution in [0.15, 0.2) is 90.6 Å². The zero-order valence-electron chi connectivity index (χ0n) is 18.6. The van der Waals surface area contributed by atoms with Gasteiger partial charge >= 0.3 is 5.97 Å². The lowest BCUT2D eigenvalue weighted by atomic mass is 10.1. The number of hydrogen-bond acceptors (Lipinski definition) is 6. The van der Waals surface area contributed by atoms with Crippen LogP contribution in [0.1, 0.15) is 20.8 Å². The number of fused-ring (bicyclic) bond motifs is 1. The second-order valence-electron chi connectivity index (χ2n) is 7.39. The summed E-state index contributed by atoms with van der Waals surface area (Å²) in [7, 11) is 0. The summed E-state index contributed by atoms with van der Waals surface area (Å²) in [6.45, 7) is 3.54. The lowest BCUT2D eigenvalue weighted by Crippen LogP contribution is -2.24. The Balaban J connectivity index is 1.33. The van der Waals surface area contributed by atoms with Crippen LogP contribution in [0, 0.1) is 0 Å². The number of carbonyl (C=O) groups is 2. The van der Waals surface area contributed by atoms with E-state index in [0.29, 0.717) is 33.4 Å². The molecule has 1 heterocycles. The first-order valence-electron chi connectivity index (χ1n) is 10.7. The van der Waals surface area contributed by atoms with Crippen molar-refractivity contribution < 1.29 is 19.1 Å². The van der Waals surface area contributed by atoms with Crippen LogP contribution in [0.4, 0.5) is 0 Å². The van der Waals surface area contributed by atoms with E-state index in [2.05, 4.69) is 17.1 Å². The van der Waals surface area contributed by atoms with Crippen molar-refractivity contribution in [3.05, 3.63) is 106 Å². The van der Waals surface area contributed by atoms with Crippen molar-refractivity contribution in [3.8, 4) is 11.5 Å². The molecule has 0 bridgehead atoms. The molecule has 3 aromatic carbocycles. The van der Waals surface area contributed by atoms with Crippen molar-refractivity contribution in [3.63, 3.8) is 0 Å². The van der Waals surface area contributed by atoms with Crippen molar-refractivity contribution in [2.45, 2.75) is 6.42 Å². The Labute approximate surface area is 211 Å². The summed E-state index contributed by atoms with van der Waals surface area (Å²) >= 11 is 7.65. The number of rotatable bonds is 9. The molecule has 35 heavy (non-hydrogen) atoms. The van der Waals surface area contributed by atoms with Crippen LogP contribution in [0.2, 0.25) is 5.02 Å². The van der Waals surface area contributed by atoms with E-state index in [9.17, 15) is 9.59 Å². The van der Waals surface area contributed by atoms with E-state index in [4.69, 9.17) is 21.1 Å². The number of para-hydroxylation sites is 1. The van der Waals surface area contributed by atoms with Crippen LogP contribution in [0.3, 0.4) is 0 Å². The summed E-state index contributed by atoms with van der Waals surface area (Å²) in [4.78, 5) is 25.1. The maximum atomic E-state index is 12.7. The van der Waals surface area contributed by atoms with Crippen LogP contribution < -0.4 is 14.9 Å². The normalized spacial score (nSPS) is 10.9. The molecule has 176 valence electrons. The highest BCUT2D eigenvalue weighted by molar-refractivity contribution is 7.21. The molecule has 4 aromatic rings. The third-order valence-electron chi connectivity index (χ3n) is 4.89. The first-order valence-corrected chi connectivity index (χ1v) is 11.9. The largest absolute Gasteiger partial charge is 0.483 e. The molecule has 4 rings (SSSR count). The Morgan fingerprint density at radius 1 is 1.06 bits per heavy atom. The average Bonchev–Trinajstić information content (AvgIpc) is 3.21. The first kappa shape index (κ1) is 24.2. The van der Waals surface area contributed by atoms with Crippen molar-refractivity contribution in [2.24, 2.45) is 5.10 Å². The second-order valence-corrected chi connectivity index (χ2v) is 8.82. The van der Waals surface area contributed by atoms with E-state index in [-0.39, 0.29) is 6.61 Å². The Kier molecular flexibility index (Phi) is 7.92. The Morgan fingerprint density at radius 3 is 2.69 bits per heavy atom. The number of ether oxygens (including phenoxy) is 2. The molecule has 1 amide bonds. The SMILES string of the molecule is C=CCc1ccccc1OCC(=O)N/N=C\c1cccc(OC(=O)c2sc3ccccc3c2Cl)c1. The molecule has 0 atom stereocenters. The minimum atomic E-state index is -0.535. The highest BCUT2D eigenvalue weighted by Crippen LogP contribution is 2.35. The van der Waals surface area contributed by atoms with E-state index in [1.165, 1.54) is 17.6 Å². The zero-order chi connectivity index (χ0) is 24.6. The number of allylic oxidation sites excluding steroid dienone is 1. The van der Waals surface area contributed by atoms with Gasteiger partial charge in [0, 0.05) is 10.1 Å². The molecular formula is C27H21ClN2O4S. The van der Waals surface area contributed by atoms with E-state index in [1.54, 1.807) is 36.4 Å². The van der Waals surface area contributed by atoms with Crippen molar-refractivity contribution in [1.29, 1.82) is 0 Å². The summed E-state index contributed by atoms with van der Waals surface area (Å²) in [5, 5.41) is 5.15. The summed E-state index contributed by atoms with van der Waals surface area (Å²) in [5.74, 6) is 0.0184. The van der Waals surface area contributed by atoms with Gasteiger partial charge in [0.05, 0.1) is 11.2 Å². The molecule has 8 heteroatoms. The molecule has 1 N–H and O–H groups in total. The van der Waals surface area contributed by atoms with Gasteiger partial charge in [-0.25, -0.2) is 10.2 Å². The van der Waals surface area contributed by atoms with E-state index >= 15 is 0 Å². The molecule has 0 aliphatic carbocycles. The number of halogens is 1. The summed E-state index contributed by atoms with van der Waals surface area (Å²) in [6.07, 6.45) is 3.87. The molecule has 0 unspecified atom stereocenters. The third kappa shape index (κ3) is 6.15. The minimum absolute atomic E-state index is 0.181. The highest BCUT2D eigenvalue weighted by Gasteiger charge is 2.19. The van der Waals surface area contributed by atoms with Crippen molar-refractivity contribution in [2.75, 3.05) is 6.61 Å². The van der Waals surface area contributed by atoms with Crippen molar-refractivity contribution in [1.82, 2.24) is 5.43 Å². The second kappa shape index (κ2) is 11.5. The third-order valence-corrected chi connectivity index (χ3v) is 6.54. The number of amides is 1. The Bertz CT molecular complexity index is 1410. The van der Waals surface area contributed by atoms with Gasteiger partial charge in [0.25, 0.3) is 5.91 Å². The number of nitrogens with zero attached hydrogens (tertiary/aromatic N) is 1. The molecule has 0 aliphatic rings. The monoisotopic (exact) mass is 504 g/mol. The van der Waals surface area contributed by atoms with Crippen LogP contribution in [-0.4, -0.2) is 24.7 Å². The Morgan fingerprint density at radius 2 is 1.86 bits per heavy atom. The van der Waals surface area contributed by atoms with Gasteiger partial charge in [-0.2, -0.15) is 5.10 Å². The van der Waals surface area contributed by atoms with Gasteiger partial charge in [0.15, 0.2) is 6.61 Å². The lowest BCUT2D eigenvalue weighted by molar-refractivity contribution is -0.123. The molecule has 0 saturated carbocycles. The van der Waals surface area contributed by atoms with Crippen LogP contribution >= 0.6 is 22.9 Å². The predicted octanol–water partition coefficient (Wildman–Crippen LogP) is 6.03. The van der Waals surface area contributed by atoms with Gasteiger partial charge in [-0.3, -0.25) is 4.79 Å². The summed E-state index contributed by atoms with van der Waals surface area (Å²) in [6, 6.07) is 21.8. The fourth-order valence-electron chi connectivity index (χ4n) is 3.28. The maximum absolute atomic E-state index is 12.7.